The maximum atomic E-state index is 14.3. The van der Waals surface area contributed by atoms with Gasteiger partial charge in [-0.3, -0.25) is 4.79 Å². The number of carbonyl (C=O) groups excluding carboxylic acids is 1. The summed E-state index contributed by atoms with van der Waals surface area (Å²) in [4.78, 5) is 13.0. The zero-order valence-corrected chi connectivity index (χ0v) is 13.4. The van der Waals surface area contributed by atoms with Crippen molar-refractivity contribution in [3.63, 3.8) is 0 Å². The van der Waals surface area contributed by atoms with Crippen LogP contribution in [0.1, 0.15) is 18.9 Å². The number of amides is 1. The second-order valence-corrected chi connectivity index (χ2v) is 5.69. The molecule has 1 aromatic rings. The van der Waals surface area contributed by atoms with E-state index >= 15 is 0 Å². The minimum absolute atomic E-state index is 0.0653. The van der Waals surface area contributed by atoms with Crippen LogP contribution in [-0.2, 0) is 4.79 Å². The van der Waals surface area contributed by atoms with E-state index in [2.05, 4.69) is 15.9 Å². The Bertz CT molecular complexity index is 647. The van der Waals surface area contributed by atoms with Crippen molar-refractivity contribution in [1.82, 2.24) is 4.90 Å². The molecular weight excluding hydrogens is 358 g/mol. The van der Waals surface area contributed by atoms with Gasteiger partial charge in [-0.15, -0.1) is 0 Å². The van der Waals surface area contributed by atoms with Crippen LogP contribution >= 0.6 is 15.9 Å². The molecule has 0 saturated carbocycles. The quantitative estimate of drug-likeness (QED) is 0.764. The van der Waals surface area contributed by atoms with Gasteiger partial charge in [-0.2, -0.15) is 5.26 Å². The van der Waals surface area contributed by atoms with E-state index in [9.17, 15) is 13.6 Å². The second-order valence-electron chi connectivity index (χ2n) is 4.58. The minimum atomic E-state index is -0.835. The van der Waals surface area contributed by atoms with E-state index < -0.39 is 11.6 Å². The number of rotatable bonds is 4. The lowest BCUT2D eigenvalue weighted by Crippen LogP contribution is -2.38. The third-order valence-corrected chi connectivity index (χ3v) is 4.00. The lowest BCUT2D eigenvalue weighted by molar-refractivity contribution is -0.127. The van der Waals surface area contributed by atoms with E-state index in [4.69, 9.17) is 10.00 Å². The first-order chi connectivity index (χ1) is 10.5. The molecule has 0 bridgehead atoms. The molecule has 1 aliphatic rings. The fraction of sp³-hybridized carbons (Fsp3) is 0.333. The Morgan fingerprint density at radius 2 is 2.09 bits per heavy atom. The lowest BCUT2D eigenvalue weighted by Gasteiger charge is -2.30. The van der Waals surface area contributed by atoms with Crippen LogP contribution in [0.5, 0.6) is 5.75 Å². The third kappa shape index (κ3) is 3.12. The summed E-state index contributed by atoms with van der Waals surface area (Å²) in [6.45, 7) is 1.74. The van der Waals surface area contributed by atoms with Crippen LogP contribution in [0.2, 0.25) is 0 Å². The number of carbonyl (C=O) groups is 1. The highest BCUT2D eigenvalue weighted by Gasteiger charge is 2.31. The van der Waals surface area contributed by atoms with Crippen molar-refractivity contribution in [3.05, 3.63) is 35.4 Å². The Morgan fingerprint density at radius 3 is 2.64 bits per heavy atom. The van der Waals surface area contributed by atoms with E-state index in [-0.39, 0.29) is 34.4 Å². The molecule has 116 valence electrons. The predicted octanol–water partition coefficient (Wildman–Crippen LogP) is 3.22. The summed E-state index contributed by atoms with van der Waals surface area (Å²) in [5, 5.41) is 8.43. The van der Waals surface area contributed by atoms with Crippen molar-refractivity contribution in [3.8, 4) is 11.8 Å². The number of benzene rings is 1. The first-order valence-corrected chi connectivity index (χ1v) is 7.56. The van der Waals surface area contributed by atoms with Crippen molar-refractivity contribution in [1.29, 1.82) is 5.26 Å². The third-order valence-electron chi connectivity index (χ3n) is 3.23. The smallest absolute Gasteiger partial charge is 0.241 e. The average Bonchev–Trinajstić information content (AvgIpc) is 2.48. The number of hydrogen-bond acceptors (Lipinski definition) is 3. The lowest BCUT2D eigenvalue weighted by atomic mass is 10.0. The molecule has 0 fully saturated rings. The number of ether oxygens (including phenoxy) is 1. The molecule has 2 rings (SSSR count). The van der Waals surface area contributed by atoms with Crippen molar-refractivity contribution in [2.24, 2.45) is 0 Å². The molecule has 0 aliphatic carbocycles. The maximum absolute atomic E-state index is 14.3. The van der Waals surface area contributed by atoms with Gasteiger partial charge in [-0.25, -0.2) is 8.78 Å². The molecule has 1 atom stereocenters. The predicted molar refractivity (Wildman–Crippen MR) is 80.2 cm³/mol. The van der Waals surface area contributed by atoms with Crippen molar-refractivity contribution in [2.75, 3.05) is 13.2 Å². The zero-order chi connectivity index (χ0) is 16.3. The Balaban J connectivity index is 2.44. The normalized spacial score (nSPS) is 18.0. The van der Waals surface area contributed by atoms with Gasteiger partial charge in [0.1, 0.15) is 23.5 Å². The summed E-state index contributed by atoms with van der Waals surface area (Å²) >= 11 is 3.24. The highest BCUT2D eigenvalue weighted by Crippen LogP contribution is 2.33. The molecule has 1 heterocycles. The number of halogens is 3. The molecule has 22 heavy (non-hydrogen) atoms. The van der Waals surface area contributed by atoms with Crippen LogP contribution in [0.3, 0.4) is 0 Å². The van der Waals surface area contributed by atoms with Gasteiger partial charge in [0.05, 0.1) is 16.1 Å². The summed E-state index contributed by atoms with van der Waals surface area (Å²) in [7, 11) is 0. The van der Waals surface area contributed by atoms with E-state index in [1.165, 1.54) is 4.90 Å². The molecule has 1 amide bonds. The topological polar surface area (TPSA) is 53.3 Å². The van der Waals surface area contributed by atoms with E-state index in [1.54, 1.807) is 19.1 Å². The van der Waals surface area contributed by atoms with Gasteiger partial charge in [-0.1, -0.05) is 22.0 Å². The Hall–Kier alpha value is -1.94. The van der Waals surface area contributed by atoms with Crippen LogP contribution in [-0.4, -0.2) is 28.8 Å². The van der Waals surface area contributed by atoms with Gasteiger partial charge in [0.2, 0.25) is 5.91 Å². The van der Waals surface area contributed by atoms with Crippen LogP contribution < -0.4 is 4.74 Å². The van der Waals surface area contributed by atoms with Gasteiger partial charge in [-0.05, 0) is 13.3 Å². The monoisotopic (exact) mass is 370 g/mol. The molecule has 0 saturated heterocycles. The van der Waals surface area contributed by atoms with Crippen LogP contribution in [0.4, 0.5) is 8.78 Å². The van der Waals surface area contributed by atoms with Gasteiger partial charge in [0.25, 0.3) is 0 Å². The second kappa shape index (κ2) is 6.88. The van der Waals surface area contributed by atoms with Gasteiger partial charge in [0, 0.05) is 18.7 Å². The molecule has 1 aliphatic heterocycles. The molecule has 1 unspecified atom stereocenters. The first-order valence-electron chi connectivity index (χ1n) is 6.64. The molecule has 4 nitrogen and oxygen atoms in total. The molecule has 0 radical (unpaired) electrons. The van der Waals surface area contributed by atoms with Gasteiger partial charge < -0.3 is 9.64 Å². The summed E-state index contributed by atoms with van der Waals surface area (Å²) in [5.74, 6) is -1.97. The SMILES string of the molecule is CCN1C(=O)C(Br)CC=C1c1c(F)cc(OCC#N)cc1F. The number of hydrogen-bond donors (Lipinski definition) is 0. The van der Waals surface area contributed by atoms with E-state index in [1.807, 2.05) is 0 Å². The number of nitrogens with zero attached hydrogens (tertiary/aromatic N) is 2. The summed E-state index contributed by atoms with van der Waals surface area (Å²) in [5.41, 5.74) is -0.0519. The fourth-order valence-electron chi connectivity index (χ4n) is 2.27. The number of allylic oxidation sites excluding steroid dienone is 1. The molecule has 0 N–H and O–H groups in total. The molecule has 0 aromatic heterocycles. The Kier molecular flexibility index (Phi) is 5.14. The molecule has 0 spiro atoms. The zero-order valence-electron chi connectivity index (χ0n) is 11.8. The minimum Gasteiger partial charge on any atom is -0.479 e. The Labute approximate surface area is 135 Å². The number of alkyl halides is 1. The van der Waals surface area contributed by atoms with Gasteiger partial charge in [0.15, 0.2) is 6.61 Å². The Morgan fingerprint density at radius 1 is 1.45 bits per heavy atom. The summed E-state index contributed by atoms with van der Waals surface area (Å²) in [6, 6.07) is 3.74. The molecular formula is C15H13BrF2N2O2. The van der Waals surface area contributed by atoms with Crippen molar-refractivity contribution >= 4 is 27.5 Å². The van der Waals surface area contributed by atoms with Crippen LogP contribution in [0.15, 0.2) is 18.2 Å². The van der Waals surface area contributed by atoms with Gasteiger partial charge >= 0.3 is 0 Å². The average molecular weight is 371 g/mol. The summed E-state index contributed by atoms with van der Waals surface area (Å²) < 4.78 is 33.4. The van der Waals surface area contributed by atoms with Crippen molar-refractivity contribution < 1.29 is 18.3 Å². The van der Waals surface area contributed by atoms with E-state index in [0.717, 1.165) is 12.1 Å². The number of nitriles is 1. The van der Waals surface area contributed by atoms with Crippen molar-refractivity contribution in [2.45, 2.75) is 18.2 Å². The highest BCUT2D eigenvalue weighted by molar-refractivity contribution is 9.10. The highest BCUT2D eigenvalue weighted by atomic mass is 79.9. The molecule has 1 aromatic carbocycles. The van der Waals surface area contributed by atoms with Crippen LogP contribution in [0, 0.1) is 23.0 Å². The van der Waals surface area contributed by atoms with Crippen LogP contribution in [0.25, 0.3) is 5.70 Å². The van der Waals surface area contributed by atoms with E-state index in [0.29, 0.717) is 13.0 Å². The maximum Gasteiger partial charge on any atom is 0.241 e. The molecule has 7 heteroatoms. The largest absolute Gasteiger partial charge is 0.479 e. The fourth-order valence-corrected chi connectivity index (χ4v) is 2.70. The summed E-state index contributed by atoms with van der Waals surface area (Å²) in [6.07, 6.45) is 1.98. The standard InChI is InChI=1S/C15H13BrF2N2O2/c1-2-20-13(4-3-10(16)15(20)21)14-11(17)7-9(8-12(14)18)22-6-5-19/h4,7-8,10H,2-3,6H2,1H3. The first kappa shape index (κ1) is 16.4.